The highest BCUT2D eigenvalue weighted by Crippen LogP contribution is 2.33. The Morgan fingerprint density at radius 1 is 1.07 bits per heavy atom. The number of hydrogen-bond donors (Lipinski definition) is 0. The number of benzene rings is 2. The summed E-state index contributed by atoms with van der Waals surface area (Å²) < 4.78 is 8.08. The highest BCUT2D eigenvalue weighted by Gasteiger charge is 2.34. The first-order valence-electron chi connectivity index (χ1n) is 9.34. The molecule has 3 aromatic rings. The van der Waals surface area contributed by atoms with E-state index >= 15 is 0 Å². The molecule has 2 heterocycles. The molecule has 0 saturated carbocycles. The standard InChI is InChI=1S/C23H21N3O2/c1-17(28-20-11-9-18(16-24)10-12-20)23(27)26-15-14-25-13-5-8-21(25)22(26)19-6-3-2-4-7-19/h2-13,17,22H,14-15H2,1H3. The van der Waals surface area contributed by atoms with E-state index in [9.17, 15) is 4.79 Å². The Kier molecular flexibility index (Phi) is 4.86. The lowest BCUT2D eigenvalue weighted by Gasteiger charge is -2.38. The third-order valence-electron chi connectivity index (χ3n) is 5.08. The highest BCUT2D eigenvalue weighted by atomic mass is 16.5. The Balaban J connectivity index is 1.59. The molecule has 2 unspecified atom stereocenters. The topological polar surface area (TPSA) is 58.3 Å². The molecule has 0 spiro atoms. The Labute approximate surface area is 164 Å². The summed E-state index contributed by atoms with van der Waals surface area (Å²) in [5.74, 6) is 0.530. The molecule has 1 aliphatic rings. The van der Waals surface area contributed by atoms with Gasteiger partial charge in [-0.3, -0.25) is 4.79 Å². The van der Waals surface area contributed by atoms with Gasteiger partial charge >= 0.3 is 0 Å². The highest BCUT2D eigenvalue weighted by molar-refractivity contribution is 5.82. The van der Waals surface area contributed by atoms with Gasteiger partial charge in [0, 0.05) is 25.0 Å². The van der Waals surface area contributed by atoms with Crippen molar-refractivity contribution in [1.82, 2.24) is 9.47 Å². The minimum absolute atomic E-state index is 0.0503. The zero-order valence-electron chi connectivity index (χ0n) is 15.7. The predicted molar refractivity (Wildman–Crippen MR) is 106 cm³/mol. The van der Waals surface area contributed by atoms with E-state index in [4.69, 9.17) is 10.00 Å². The van der Waals surface area contributed by atoms with Crippen molar-refractivity contribution in [1.29, 1.82) is 5.26 Å². The molecule has 0 N–H and O–H groups in total. The van der Waals surface area contributed by atoms with Crippen molar-refractivity contribution < 1.29 is 9.53 Å². The van der Waals surface area contributed by atoms with Crippen LogP contribution in [0.1, 0.15) is 29.8 Å². The first kappa shape index (κ1) is 17.9. The van der Waals surface area contributed by atoms with Crippen molar-refractivity contribution in [2.75, 3.05) is 6.54 Å². The van der Waals surface area contributed by atoms with Gasteiger partial charge in [0.05, 0.1) is 17.7 Å². The predicted octanol–water partition coefficient (Wildman–Crippen LogP) is 3.76. The van der Waals surface area contributed by atoms with Gasteiger partial charge in [-0.15, -0.1) is 0 Å². The molecule has 1 aliphatic heterocycles. The first-order chi connectivity index (χ1) is 13.7. The van der Waals surface area contributed by atoms with Gasteiger partial charge in [0.1, 0.15) is 5.75 Å². The van der Waals surface area contributed by atoms with E-state index in [-0.39, 0.29) is 11.9 Å². The molecule has 1 amide bonds. The number of amides is 1. The Morgan fingerprint density at radius 3 is 2.54 bits per heavy atom. The number of carbonyl (C=O) groups is 1. The van der Waals surface area contributed by atoms with Gasteiger partial charge in [-0.1, -0.05) is 30.3 Å². The van der Waals surface area contributed by atoms with Gasteiger partial charge < -0.3 is 14.2 Å². The molecule has 1 aromatic heterocycles. The maximum Gasteiger partial charge on any atom is 0.264 e. The van der Waals surface area contributed by atoms with Crippen LogP contribution in [0.15, 0.2) is 72.9 Å². The van der Waals surface area contributed by atoms with Gasteiger partial charge in [0.2, 0.25) is 0 Å². The van der Waals surface area contributed by atoms with Crippen LogP contribution in [0, 0.1) is 11.3 Å². The van der Waals surface area contributed by atoms with Gasteiger partial charge in [-0.05, 0) is 48.9 Å². The summed E-state index contributed by atoms with van der Waals surface area (Å²) in [6.07, 6.45) is 1.43. The second kappa shape index (κ2) is 7.61. The smallest absolute Gasteiger partial charge is 0.264 e. The van der Waals surface area contributed by atoms with E-state index in [0.29, 0.717) is 17.9 Å². The maximum absolute atomic E-state index is 13.3. The molecular formula is C23H21N3O2. The second-order valence-electron chi connectivity index (χ2n) is 6.87. The van der Waals surface area contributed by atoms with Crippen LogP contribution in [0.5, 0.6) is 5.75 Å². The number of ether oxygens (including phenoxy) is 1. The van der Waals surface area contributed by atoms with Crippen molar-refractivity contribution in [3.8, 4) is 11.8 Å². The van der Waals surface area contributed by atoms with Crippen molar-refractivity contribution in [3.63, 3.8) is 0 Å². The Morgan fingerprint density at radius 2 is 1.82 bits per heavy atom. The lowest BCUT2D eigenvalue weighted by Crippen LogP contribution is -2.47. The zero-order valence-corrected chi connectivity index (χ0v) is 15.7. The fraction of sp³-hybridized carbons (Fsp3) is 0.217. The SMILES string of the molecule is CC(Oc1ccc(C#N)cc1)C(=O)N1CCn2cccc2C1c1ccccc1. The largest absolute Gasteiger partial charge is 0.481 e. The molecule has 0 saturated heterocycles. The average molecular weight is 371 g/mol. The molecule has 5 nitrogen and oxygen atoms in total. The van der Waals surface area contributed by atoms with E-state index in [1.54, 1.807) is 31.2 Å². The molecule has 4 rings (SSSR count). The molecule has 140 valence electrons. The lowest BCUT2D eigenvalue weighted by molar-refractivity contribution is -0.140. The van der Waals surface area contributed by atoms with E-state index < -0.39 is 6.10 Å². The van der Waals surface area contributed by atoms with Crippen molar-refractivity contribution >= 4 is 5.91 Å². The number of nitrogens with zero attached hydrogens (tertiary/aromatic N) is 3. The summed E-state index contributed by atoms with van der Waals surface area (Å²) in [7, 11) is 0. The molecule has 0 bridgehead atoms. The van der Waals surface area contributed by atoms with Gasteiger partial charge in [0.15, 0.2) is 6.10 Å². The van der Waals surface area contributed by atoms with Crippen LogP contribution < -0.4 is 4.74 Å². The molecular weight excluding hydrogens is 350 g/mol. The molecule has 0 fully saturated rings. The summed E-state index contributed by atoms with van der Waals surface area (Å²) >= 11 is 0. The summed E-state index contributed by atoms with van der Waals surface area (Å²) in [6, 6.07) is 22.9. The van der Waals surface area contributed by atoms with Gasteiger partial charge in [-0.25, -0.2) is 0 Å². The van der Waals surface area contributed by atoms with Crippen LogP contribution in [0.2, 0.25) is 0 Å². The molecule has 2 atom stereocenters. The third-order valence-corrected chi connectivity index (χ3v) is 5.08. The first-order valence-corrected chi connectivity index (χ1v) is 9.34. The van der Waals surface area contributed by atoms with Crippen molar-refractivity contribution in [2.45, 2.75) is 25.6 Å². The fourth-order valence-electron chi connectivity index (χ4n) is 3.70. The molecule has 0 radical (unpaired) electrons. The van der Waals surface area contributed by atoms with Gasteiger partial charge in [0.25, 0.3) is 5.91 Å². The molecule has 5 heteroatoms. The summed E-state index contributed by atoms with van der Waals surface area (Å²) in [5.41, 5.74) is 2.75. The quantitative estimate of drug-likeness (QED) is 0.702. The molecule has 2 aromatic carbocycles. The summed E-state index contributed by atoms with van der Waals surface area (Å²) in [4.78, 5) is 15.2. The minimum Gasteiger partial charge on any atom is -0.481 e. The second-order valence-corrected chi connectivity index (χ2v) is 6.87. The lowest BCUT2D eigenvalue weighted by atomic mass is 9.99. The minimum atomic E-state index is -0.624. The van der Waals surface area contributed by atoms with Gasteiger partial charge in [-0.2, -0.15) is 5.26 Å². The van der Waals surface area contributed by atoms with Crippen LogP contribution in [0.4, 0.5) is 0 Å². The Bertz CT molecular complexity index is 1000. The normalized spacial score (nSPS) is 16.7. The van der Waals surface area contributed by atoms with Crippen molar-refractivity contribution in [3.05, 3.63) is 89.7 Å². The third kappa shape index (κ3) is 3.37. The number of hydrogen-bond acceptors (Lipinski definition) is 3. The van der Waals surface area contributed by atoms with Crippen LogP contribution in [0.3, 0.4) is 0 Å². The fourth-order valence-corrected chi connectivity index (χ4v) is 3.70. The van der Waals surface area contributed by atoms with E-state index in [1.807, 2.05) is 29.2 Å². The zero-order chi connectivity index (χ0) is 19.5. The number of rotatable bonds is 4. The summed E-state index contributed by atoms with van der Waals surface area (Å²) in [5, 5.41) is 8.91. The van der Waals surface area contributed by atoms with Crippen LogP contribution >= 0.6 is 0 Å². The number of aromatic nitrogens is 1. The molecule has 28 heavy (non-hydrogen) atoms. The Hall–Kier alpha value is -3.52. The van der Waals surface area contributed by atoms with E-state index in [2.05, 4.69) is 35.0 Å². The monoisotopic (exact) mass is 371 g/mol. The number of fused-ring (bicyclic) bond motifs is 1. The maximum atomic E-state index is 13.3. The number of carbonyl (C=O) groups excluding carboxylic acids is 1. The van der Waals surface area contributed by atoms with Crippen LogP contribution in [0.25, 0.3) is 0 Å². The van der Waals surface area contributed by atoms with E-state index in [1.165, 1.54) is 0 Å². The average Bonchev–Trinajstić information content (AvgIpc) is 3.22. The summed E-state index contributed by atoms with van der Waals surface area (Å²) in [6.45, 7) is 3.17. The van der Waals surface area contributed by atoms with E-state index in [0.717, 1.165) is 17.8 Å². The van der Waals surface area contributed by atoms with Crippen LogP contribution in [-0.2, 0) is 11.3 Å². The van der Waals surface area contributed by atoms with Crippen molar-refractivity contribution in [2.24, 2.45) is 0 Å². The number of nitriles is 1. The molecule has 0 aliphatic carbocycles. The van der Waals surface area contributed by atoms with Crippen LogP contribution in [-0.4, -0.2) is 28.0 Å².